The first-order valence-corrected chi connectivity index (χ1v) is 11.8. The molecule has 0 fully saturated rings. The highest BCUT2D eigenvalue weighted by Crippen LogP contribution is 2.18. The van der Waals surface area contributed by atoms with Crippen LogP contribution in [0.1, 0.15) is 16.7 Å². The van der Waals surface area contributed by atoms with Gasteiger partial charge in [-0.05, 0) is 37.1 Å². The molecule has 0 heterocycles. The summed E-state index contributed by atoms with van der Waals surface area (Å²) in [5.41, 5.74) is 2.79. The number of para-hydroxylation sites is 1. The Hall–Kier alpha value is -3.16. The van der Waals surface area contributed by atoms with Gasteiger partial charge in [0.25, 0.3) is 0 Å². The molecule has 3 aromatic rings. The third-order valence-electron chi connectivity index (χ3n) is 5.14. The zero-order valence-corrected chi connectivity index (χ0v) is 19.1. The van der Waals surface area contributed by atoms with Gasteiger partial charge in [-0.15, -0.1) is 0 Å². The standard InChI is InChI=1S/C25H28N2O4S/c1-20-12-14-23(15-13-20)32(29,30)27(17-16-21-8-4-3-5-9-21)19-25(28)26-18-22-10-6-7-11-24(22)31-2/h3-15H,16-19H2,1-2H3,(H,26,28). The van der Waals surface area contributed by atoms with Crippen LogP contribution in [0.3, 0.4) is 0 Å². The smallest absolute Gasteiger partial charge is 0.243 e. The fourth-order valence-electron chi connectivity index (χ4n) is 3.30. The van der Waals surface area contributed by atoms with Gasteiger partial charge in [-0.3, -0.25) is 4.79 Å². The molecule has 168 valence electrons. The lowest BCUT2D eigenvalue weighted by Gasteiger charge is -2.22. The number of nitrogens with one attached hydrogen (secondary N) is 1. The maximum atomic E-state index is 13.3. The van der Waals surface area contributed by atoms with Gasteiger partial charge in [0.2, 0.25) is 15.9 Å². The van der Waals surface area contributed by atoms with Crippen molar-refractivity contribution in [2.45, 2.75) is 24.8 Å². The molecular formula is C25H28N2O4S. The van der Waals surface area contributed by atoms with E-state index in [4.69, 9.17) is 4.74 Å². The van der Waals surface area contributed by atoms with Crippen LogP contribution in [0.5, 0.6) is 5.75 Å². The van der Waals surface area contributed by atoms with Gasteiger partial charge >= 0.3 is 0 Å². The summed E-state index contributed by atoms with van der Waals surface area (Å²) in [5, 5.41) is 2.81. The zero-order valence-electron chi connectivity index (χ0n) is 18.3. The Kier molecular flexibility index (Phi) is 8.03. The molecule has 0 unspecified atom stereocenters. The van der Waals surface area contributed by atoms with E-state index in [2.05, 4.69) is 5.32 Å². The van der Waals surface area contributed by atoms with E-state index >= 15 is 0 Å². The van der Waals surface area contributed by atoms with Crippen LogP contribution < -0.4 is 10.1 Å². The summed E-state index contributed by atoms with van der Waals surface area (Å²) >= 11 is 0. The highest BCUT2D eigenvalue weighted by molar-refractivity contribution is 7.89. The first-order valence-electron chi connectivity index (χ1n) is 10.4. The quantitative estimate of drug-likeness (QED) is 0.510. The summed E-state index contributed by atoms with van der Waals surface area (Å²) in [6, 6.07) is 23.7. The average molecular weight is 453 g/mol. The van der Waals surface area contributed by atoms with Gasteiger partial charge in [-0.2, -0.15) is 4.31 Å². The van der Waals surface area contributed by atoms with E-state index in [0.717, 1.165) is 16.7 Å². The first-order chi connectivity index (χ1) is 15.4. The van der Waals surface area contributed by atoms with Crippen molar-refractivity contribution in [3.05, 3.63) is 95.6 Å². The number of ether oxygens (including phenoxy) is 1. The topological polar surface area (TPSA) is 75.7 Å². The molecule has 0 aliphatic rings. The van der Waals surface area contributed by atoms with E-state index in [1.54, 1.807) is 31.4 Å². The molecule has 0 aliphatic heterocycles. The van der Waals surface area contributed by atoms with E-state index in [1.807, 2.05) is 61.5 Å². The van der Waals surface area contributed by atoms with E-state index < -0.39 is 10.0 Å². The number of carbonyl (C=O) groups is 1. The zero-order chi connectivity index (χ0) is 23.0. The number of benzene rings is 3. The maximum Gasteiger partial charge on any atom is 0.243 e. The molecule has 0 saturated heterocycles. The van der Waals surface area contributed by atoms with E-state index in [-0.39, 0.29) is 30.4 Å². The van der Waals surface area contributed by atoms with E-state index in [1.165, 1.54) is 4.31 Å². The van der Waals surface area contributed by atoms with Crippen molar-refractivity contribution in [3.63, 3.8) is 0 Å². The molecule has 0 aliphatic carbocycles. The normalized spacial score (nSPS) is 11.3. The molecule has 0 radical (unpaired) electrons. The molecule has 0 saturated carbocycles. The molecule has 32 heavy (non-hydrogen) atoms. The summed E-state index contributed by atoms with van der Waals surface area (Å²) in [4.78, 5) is 12.9. The third kappa shape index (κ3) is 6.18. The fraction of sp³-hybridized carbons (Fsp3) is 0.240. The molecule has 3 aromatic carbocycles. The minimum Gasteiger partial charge on any atom is -0.496 e. The SMILES string of the molecule is COc1ccccc1CNC(=O)CN(CCc1ccccc1)S(=O)(=O)c1ccc(C)cc1. The second-order valence-electron chi connectivity index (χ2n) is 7.48. The van der Waals surface area contributed by atoms with Crippen LogP contribution in [-0.2, 0) is 27.8 Å². The van der Waals surface area contributed by atoms with Crippen LogP contribution >= 0.6 is 0 Å². The molecular weight excluding hydrogens is 424 g/mol. The molecule has 3 rings (SSSR count). The van der Waals surface area contributed by atoms with Crippen molar-refractivity contribution in [2.24, 2.45) is 0 Å². The number of nitrogens with zero attached hydrogens (tertiary/aromatic N) is 1. The van der Waals surface area contributed by atoms with Gasteiger partial charge in [-0.25, -0.2) is 8.42 Å². The Morgan fingerprint density at radius 3 is 2.28 bits per heavy atom. The predicted molar refractivity (Wildman–Crippen MR) is 125 cm³/mol. The molecule has 0 spiro atoms. The van der Waals surface area contributed by atoms with Crippen molar-refractivity contribution >= 4 is 15.9 Å². The summed E-state index contributed by atoms with van der Waals surface area (Å²) in [7, 11) is -2.26. The minimum atomic E-state index is -3.83. The number of methoxy groups -OCH3 is 1. The Morgan fingerprint density at radius 2 is 1.59 bits per heavy atom. The van der Waals surface area contributed by atoms with Crippen molar-refractivity contribution in [3.8, 4) is 5.75 Å². The third-order valence-corrected chi connectivity index (χ3v) is 7.00. The number of aryl methyl sites for hydroxylation is 1. The fourth-order valence-corrected chi connectivity index (χ4v) is 4.70. The Morgan fingerprint density at radius 1 is 0.938 bits per heavy atom. The molecule has 6 nitrogen and oxygen atoms in total. The minimum absolute atomic E-state index is 0.175. The highest BCUT2D eigenvalue weighted by atomic mass is 32.2. The van der Waals surface area contributed by atoms with Crippen LogP contribution in [0.4, 0.5) is 0 Å². The Bertz CT molecular complexity index is 1130. The number of hydrogen-bond donors (Lipinski definition) is 1. The second-order valence-corrected chi connectivity index (χ2v) is 9.41. The van der Waals surface area contributed by atoms with E-state index in [9.17, 15) is 13.2 Å². The van der Waals surface area contributed by atoms with Gasteiger partial charge < -0.3 is 10.1 Å². The lowest BCUT2D eigenvalue weighted by atomic mass is 10.1. The number of hydrogen-bond acceptors (Lipinski definition) is 4. The number of rotatable bonds is 10. The van der Waals surface area contributed by atoms with Crippen LogP contribution in [0, 0.1) is 6.92 Å². The van der Waals surface area contributed by atoms with Crippen molar-refractivity contribution in [1.29, 1.82) is 0 Å². The Labute approximate surface area is 189 Å². The number of carbonyl (C=O) groups excluding carboxylic acids is 1. The molecule has 1 amide bonds. The second kappa shape index (κ2) is 10.9. The number of sulfonamides is 1. The predicted octanol–water partition coefficient (Wildman–Crippen LogP) is 3.55. The van der Waals surface area contributed by atoms with Gasteiger partial charge in [0.05, 0.1) is 18.6 Å². The van der Waals surface area contributed by atoms with Crippen molar-refractivity contribution < 1.29 is 17.9 Å². The molecule has 0 bridgehead atoms. The summed E-state index contributed by atoms with van der Waals surface area (Å²) < 4.78 is 33.2. The lowest BCUT2D eigenvalue weighted by Crippen LogP contribution is -2.41. The first kappa shape index (κ1) is 23.5. The van der Waals surface area contributed by atoms with Crippen LogP contribution in [0.2, 0.25) is 0 Å². The summed E-state index contributed by atoms with van der Waals surface area (Å²) in [5.74, 6) is 0.292. The molecule has 0 atom stereocenters. The average Bonchev–Trinajstić information content (AvgIpc) is 2.81. The summed E-state index contributed by atoms with van der Waals surface area (Å²) in [6.07, 6.45) is 0.506. The maximum absolute atomic E-state index is 13.3. The molecule has 0 aromatic heterocycles. The van der Waals surface area contributed by atoms with E-state index in [0.29, 0.717) is 12.2 Å². The van der Waals surface area contributed by atoms with Crippen molar-refractivity contribution in [2.75, 3.05) is 20.2 Å². The van der Waals surface area contributed by atoms with Crippen LogP contribution in [0.25, 0.3) is 0 Å². The lowest BCUT2D eigenvalue weighted by molar-refractivity contribution is -0.121. The molecule has 1 N–H and O–H groups in total. The Balaban J connectivity index is 1.75. The van der Waals surface area contributed by atoms with Gasteiger partial charge in [-0.1, -0.05) is 66.2 Å². The van der Waals surface area contributed by atoms with Gasteiger partial charge in [0.1, 0.15) is 5.75 Å². The van der Waals surface area contributed by atoms with Gasteiger partial charge in [0, 0.05) is 18.7 Å². The van der Waals surface area contributed by atoms with Gasteiger partial charge in [0.15, 0.2) is 0 Å². The van der Waals surface area contributed by atoms with Crippen molar-refractivity contribution in [1.82, 2.24) is 9.62 Å². The number of amides is 1. The van der Waals surface area contributed by atoms with Crippen LogP contribution in [-0.4, -0.2) is 38.8 Å². The monoisotopic (exact) mass is 452 g/mol. The largest absolute Gasteiger partial charge is 0.496 e. The summed E-state index contributed by atoms with van der Waals surface area (Å²) in [6.45, 7) is 2.08. The highest BCUT2D eigenvalue weighted by Gasteiger charge is 2.26. The molecule has 7 heteroatoms. The van der Waals surface area contributed by atoms with Crippen LogP contribution in [0.15, 0.2) is 83.8 Å².